The van der Waals surface area contributed by atoms with Gasteiger partial charge in [0.2, 0.25) is 5.91 Å². The standard InChI is InChI=1S/C19H20BrNO3/c1-3-23-17-11-12(10-15(20)18(17)24-4-2)9-14-13-7-5-6-8-16(13)21-19(14)22/h5-8,10-11,14H,3-4,9H2,1-2H3,(H,21,22)/t14-/m0/s1. The first-order chi connectivity index (χ1) is 11.6. The summed E-state index contributed by atoms with van der Waals surface area (Å²) in [6, 6.07) is 11.8. The first-order valence-electron chi connectivity index (χ1n) is 8.11. The van der Waals surface area contributed by atoms with Crippen LogP contribution in [0.2, 0.25) is 0 Å². The van der Waals surface area contributed by atoms with E-state index in [-0.39, 0.29) is 11.8 Å². The molecule has 4 nitrogen and oxygen atoms in total. The molecule has 1 aliphatic rings. The summed E-state index contributed by atoms with van der Waals surface area (Å²) < 4.78 is 12.2. The number of fused-ring (bicyclic) bond motifs is 1. The Labute approximate surface area is 150 Å². The number of hydrogen-bond donors (Lipinski definition) is 1. The van der Waals surface area contributed by atoms with Gasteiger partial charge in [0.1, 0.15) is 0 Å². The van der Waals surface area contributed by atoms with E-state index in [0.717, 1.165) is 21.3 Å². The molecule has 0 aliphatic carbocycles. The number of nitrogens with one attached hydrogen (secondary N) is 1. The SMILES string of the molecule is CCOc1cc(C[C@@H]2C(=O)Nc3ccccc32)cc(Br)c1OCC. The molecule has 1 N–H and O–H groups in total. The Morgan fingerprint density at radius 2 is 1.88 bits per heavy atom. The van der Waals surface area contributed by atoms with E-state index in [0.29, 0.717) is 31.1 Å². The molecule has 2 aromatic rings. The molecule has 24 heavy (non-hydrogen) atoms. The van der Waals surface area contributed by atoms with E-state index in [1.165, 1.54) is 0 Å². The summed E-state index contributed by atoms with van der Waals surface area (Å²) in [7, 11) is 0. The van der Waals surface area contributed by atoms with Crippen molar-refractivity contribution in [2.45, 2.75) is 26.2 Å². The van der Waals surface area contributed by atoms with E-state index in [1.54, 1.807) is 0 Å². The van der Waals surface area contributed by atoms with Gasteiger partial charge in [-0.15, -0.1) is 0 Å². The number of hydrogen-bond acceptors (Lipinski definition) is 3. The van der Waals surface area contributed by atoms with Crippen molar-refractivity contribution in [3.05, 3.63) is 52.0 Å². The molecular formula is C19H20BrNO3. The van der Waals surface area contributed by atoms with E-state index < -0.39 is 0 Å². The summed E-state index contributed by atoms with van der Waals surface area (Å²) in [5.74, 6) is 1.27. The van der Waals surface area contributed by atoms with Gasteiger partial charge in [0.15, 0.2) is 11.5 Å². The van der Waals surface area contributed by atoms with Gasteiger partial charge < -0.3 is 14.8 Å². The normalized spacial score (nSPS) is 15.8. The van der Waals surface area contributed by atoms with Gasteiger partial charge in [-0.05, 0) is 65.5 Å². The minimum atomic E-state index is -0.180. The fraction of sp³-hybridized carbons (Fsp3) is 0.316. The number of amides is 1. The topological polar surface area (TPSA) is 47.6 Å². The Balaban J connectivity index is 1.92. The van der Waals surface area contributed by atoms with Gasteiger partial charge in [-0.1, -0.05) is 18.2 Å². The largest absolute Gasteiger partial charge is 0.490 e. The molecule has 0 bridgehead atoms. The number of ether oxygens (including phenoxy) is 2. The first-order valence-corrected chi connectivity index (χ1v) is 8.91. The van der Waals surface area contributed by atoms with E-state index in [1.807, 2.05) is 50.2 Å². The maximum absolute atomic E-state index is 12.3. The number of carbonyl (C=O) groups excluding carboxylic acids is 1. The molecule has 1 atom stereocenters. The third-order valence-electron chi connectivity index (χ3n) is 4.01. The highest BCUT2D eigenvalue weighted by Crippen LogP contribution is 2.40. The molecule has 0 unspecified atom stereocenters. The smallest absolute Gasteiger partial charge is 0.232 e. The van der Waals surface area contributed by atoms with Crippen molar-refractivity contribution in [2.24, 2.45) is 0 Å². The molecule has 1 aliphatic heterocycles. The van der Waals surface area contributed by atoms with Crippen LogP contribution in [0.3, 0.4) is 0 Å². The van der Waals surface area contributed by atoms with Crippen LogP contribution in [0.1, 0.15) is 30.9 Å². The highest BCUT2D eigenvalue weighted by molar-refractivity contribution is 9.10. The van der Waals surface area contributed by atoms with Gasteiger partial charge in [-0.3, -0.25) is 4.79 Å². The Hall–Kier alpha value is -2.01. The van der Waals surface area contributed by atoms with Crippen LogP contribution >= 0.6 is 15.9 Å². The summed E-state index contributed by atoms with van der Waals surface area (Å²) in [6.45, 7) is 5.01. The quantitative estimate of drug-likeness (QED) is 0.789. The number of halogens is 1. The summed E-state index contributed by atoms with van der Waals surface area (Å²) >= 11 is 3.56. The van der Waals surface area contributed by atoms with Crippen molar-refractivity contribution < 1.29 is 14.3 Å². The van der Waals surface area contributed by atoms with Crippen molar-refractivity contribution in [3.63, 3.8) is 0 Å². The second-order valence-electron chi connectivity index (χ2n) is 5.60. The van der Waals surface area contributed by atoms with Gasteiger partial charge in [0.05, 0.1) is 23.6 Å². The Morgan fingerprint density at radius 3 is 2.62 bits per heavy atom. The van der Waals surface area contributed by atoms with E-state index >= 15 is 0 Å². The summed E-state index contributed by atoms with van der Waals surface area (Å²) in [5, 5.41) is 2.95. The maximum atomic E-state index is 12.3. The van der Waals surface area contributed by atoms with Gasteiger partial charge in [0.25, 0.3) is 0 Å². The third-order valence-corrected chi connectivity index (χ3v) is 4.60. The van der Waals surface area contributed by atoms with E-state index in [4.69, 9.17) is 9.47 Å². The average molecular weight is 390 g/mol. The lowest BCUT2D eigenvalue weighted by Gasteiger charge is -2.16. The molecule has 126 valence electrons. The lowest BCUT2D eigenvalue weighted by atomic mass is 9.93. The predicted molar refractivity (Wildman–Crippen MR) is 98.0 cm³/mol. The highest BCUT2D eigenvalue weighted by atomic mass is 79.9. The molecule has 1 heterocycles. The van der Waals surface area contributed by atoms with Gasteiger partial charge >= 0.3 is 0 Å². The van der Waals surface area contributed by atoms with E-state index in [9.17, 15) is 4.79 Å². The molecule has 0 aromatic heterocycles. The Morgan fingerprint density at radius 1 is 1.12 bits per heavy atom. The van der Waals surface area contributed by atoms with Crippen LogP contribution in [0, 0.1) is 0 Å². The molecule has 0 saturated heterocycles. The zero-order chi connectivity index (χ0) is 17.1. The molecule has 2 aromatic carbocycles. The number of carbonyl (C=O) groups is 1. The maximum Gasteiger partial charge on any atom is 0.232 e. The van der Waals surface area contributed by atoms with E-state index in [2.05, 4.69) is 21.2 Å². The van der Waals surface area contributed by atoms with Crippen LogP contribution in [0.5, 0.6) is 11.5 Å². The van der Waals surface area contributed by atoms with Gasteiger partial charge in [-0.2, -0.15) is 0 Å². The summed E-state index contributed by atoms with van der Waals surface area (Å²) in [5.41, 5.74) is 2.98. The monoisotopic (exact) mass is 389 g/mol. The van der Waals surface area contributed by atoms with Crippen LogP contribution in [-0.2, 0) is 11.2 Å². The summed E-state index contributed by atoms with van der Waals surface area (Å²) in [6.07, 6.45) is 0.619. The Bertz CT molecular complexity index is 760. The predicted octanol–water partition coefficient (Wildman–Crippen LogP) is 4.52. The molecule has 5 heteroatoms. The molecular weight excluding hydrogens is 370 g/mol. The minimum absolute atomic E-state index is 0.0409. The number of para-hydroxylation sites is 1. The van der Waals surface area contributed by atoms with Crippen molar-refractivity contribution >= 4 is 27.5 Å². The number of benzene rings is 2. The zero-order valence-corrected chi connectivity index (χ0v) is 15.4. The molecule has 0 saturated carbocycles. The van der Waals surface area contributed by atoms with Gasteiger partial charge in [0, 0.05) is 5.69 Å². The lowest BCUT2D eigenvalue weighted by molar-refractivity contribution is -0.117. The molecule has 1 amide bonds. The number of anilines is 1. The average Bonchev–Trinajstić information content (AvgIpc) is 2.87. The Kier molecular flexibility index (Phi) is 5.09. The fourth-order valence-electron chi connectivity index (χ4n) is 3.00. The van der Waals surface area contributed by atoms with Crippen molar-refractivity contribution in [2.75, 3.05) is 18.5 Å². The fourth-order valence-corrected chi connectivity index (χ4v) is 3.60. The number of rotatable bonds is 6. The second kappa shape index (κ2) is 7.26. The lowest BCUT2D eigenvalue weighted by Crippen LogP contribution is -2.14. The van der Waals surface area contributed by atoms with Crippen LogP contribution in [0.15, 0.2) is 40.9 Å². The molecule has 3 rings (SSSR count). The zero-order valence-electron chi connectivity index (χ0n) is 13.8. The summed E-state index contributed by atoms with van der Waals surface area (Å²) in [4.78, 5) is 12.3. The first kappa shape index (κ1) is 16.8. The van der Waals surface area contributed by atoms with Crippen molar-refractivity contribution in [1.82, 2.24) is 0 Å². The molecule has 0 fully saturated rings. The second-order valence-corrected chi connectivity index (χ2v) is 6.46. The van der Waals surface area contributed by atoms with Gasteiger partial charge in [-0.25, -0.2) is 0 Å². The van der Waals surface area contributed by atoms with Crippen molar-refractivity contribution in [3.8, 4) is 11.5 Å². The highest BCUT2D eigenvalue weighted by Gasteiger charge is 2.30. The van der Waals surface area contributed by atoms with Crippen LogP contribution in [0.4, 0.5) is 5.69 Å². The third kappa shape index (κ3) is 3.26. The minimum Gasteiger partial charge on any atom is -0.490 e. The van der Waals surface area contributed by atoms with Crippen LogP contribution in [0.25, 0.3) is 0 Å². The molecule has 0 spiro atoms. The van der Waals surface area contributed by atoms with Crippen LogP contribution < -0.4 is 14.8 Å². The van der Waals surface area contributed by atoms with Crippen LogP contribution in [-0.4, -0.2) is 19.1 Å². The molecule has 0 radical (unpaired) electrons. The van der Waals surface area contributed by atoms with Crippen molar-refractivity contribution in [1.29, 1.82) is 0 Å².